The van der Waals surface area contributed by atoms with Crippen molar-refractivity contribution in [2.45, 2.75) is 39.0 Å². The molecule has 0 aliphatic carbocycles. The molecule has 1 aromatic carbocycles. The number of likely N-dealkylation sites (N-methyl/N-ethyl adjacent to an activating group) is 1. The summed E-state index contributed by atoms with van der Waals surface area (Å²) in [5.41, 5.74) is 1.31. The first-order valence-electron chi connectivity index (χ1n) is 8.62. The Balaban J connectivity index is 1.70. The Bertz CT molecular complexity index is 509. The largest absolute Gasteiger partial charge is 0.341 e. The van der Waals surface area contributed by atoms with Crippen LogP contribution in [0.3, 0.4) is 0 Å². The topological polar surface area (TPSA) is 40.6 Å². The van der Waals surface area contributed by atoms with Crippen LogP contribution in [0.4, 0.5) is 0 Å². The highest BCUT2D eigenvalue weighted by Gasteiger charge is 2.21. The van der Waals surface area contributed by atoms with Gasteiger partial charge >= 0.3 is 0 Å². The maximum Gasteiger partial charge on any atom is 0.242 e. The fraction of sp³-hybridized carbons (Fsp3) is 0.579. The predicted octanol–water partition coefficient (Wildman–Crippen LogP) is 2.73. The number of carbonyl (C=O) groups excluding carboxylic acids is 2. The van der Waals surface area contributed by atoms with E-state index < -0.39 is 0 Å². The third-order valence-corrected chi connectivity index (χ3v) is 4.55. The number of nitrogens with zero attached hydrogens (tertiary/aromatic N) is 2. The number of rotatable bonds is 7. The smallest absolute Gasteiger partial charge is 0.242 e. The Morgan fingerprint density at radius 1 is 1.17 bits per heavy atom. The van der Waals surface area contributed by atoms with Crippen molar-refractivity contribution in [3.8, 4) is 0 Å². The number of hydrogen-bond donors (Lipinski definition) is 0. The van der Waals surface area contributed by atoms with Crippen molar-refractivity contribution in [1.82, 2.24) is 9.80 Å². The Hall–Kier alpha value is -1.84. The summed E-state index contributed by atoms with van der Waals surface area (Å²) in [7, 11) is 1.74. The molecule has 0 unspecified atom stereocenters. The second-order valence-electron chi connectivity index (χ2n) is 6.67. The highest BCUT2D eigenvalue weighted by atomic mass is 16.2. The summed E-state index contributed by atoms with van der Waals surface area (Å²) in [6.45, 7) is 4.00. The second kappa shape index (κ2) is 8.70. The lowest BCUT2D eigenvalue weighted by Gasteiger charge is -2.22. The van der Waals surface area contributed by atoms with Crippen LogP contribution in [-0.2, 0) is 16.0 Å². The molecule has 1 heterocycles. The highest BCUT2D eigenvalue weighted by molar-refractivity contribution is 5.84. The molecule has 2 rings (SSSR count). The van der Waals surface area contributed by atoms with Crippen molar-refractivity contribution in [3.63, 3.8) is 0 Å². The maximum absolute atomic E-state index is 12.3. The SMILES string of the molecule is C[C@@H](CCc1ccccc1)CC(=O)N(C)CC(=O)N1CCCC1. The number of carbonyl (C=O) groups is 2. The number of amides is 2. The summed E-state index contributed by atoms with van der Waals surface area (Å²) in [5.74, 6) is 0.473. The molecule has 1 aliphatic rings. The van der Waals surface area contributed by atoms with Crippen molar-refractivity contribution in [1.29, 1.82) is 0 Å². The molecule has 2 amide bonds. The Morgan fingerprint density at radius 3 is 2.48 bits per heavy atom. The van der Waals surface area contributed by atoms with Gasteiger partial charge in [-0.25, -0.2) is 0 Å². The highest BCUT2D eigenvalue weighted by Crippen LogP contribution is 2.14. The molecule has 0 bridgehead atoms. The lowest BCUT2D eigenvalue weighted by molar-refractivity contribution is -0.139. The van der Waals surface area contributed by atoms with Gasteiger partial charge in [0.05, 0.1) is 6.54 Å². The fourth-order valence-electron chi connectivity index (χ4n) is 2.97. The molecule has 1 atom stereocenters. The van der Waals surface area contributed by atoms with Gasteiger partial charge in [0.2, 0.25) is 11.8 Å². The van der Waals surface area contributed by atoms with E-state index in [-0.39, 0.29) is 18.4 Å². The van der Waals surface area contributed by atoms with Crippen LogP contribution in [0.2, 0.25) is 0 Å². The maximum atomic E-state index is 12.3. The number of hydrogen-bond acceptors (Lipinski definition) is 2. The number of aryl methyl sites for hydroxylation is 1. The van der Waals surface area contributed by atoms with Crippen LogP contribution >= 0.6 is 0 Å². The molecular formula is C19H28N2O2. The average molecular weight is 316 g/mol. The van der Waals surface area contributed by atoms with Crippen LogP contribution in [0, 0.1) is 5.92 Å². The first kappa shape index (κ1) is 17.5. The number of likely N-dealkylation sites (tertiary alicyclic amines) is 1. The minimum atomic E-state index is 0.0677. The van der Waals surface area contributed by atoms with Crippen LogP contribution in [0.15, 0.2) is 30.3 Å². The van der Waals surface area contributed by atoms with Crippen LogP contribution in [0.25, 0.3) is 0 Å². The van der Waals surface area contributed by atoms with Crippen LogP contribution in [0.5, 0.6) is 0 Å². The first-order chi connectivity index (χ1) is 11.1. The lowest BCUT2D eigenvalue weighted by Crippen LogP contribution is -2.40. The fourth-order valence-corrected chi connectivity index (χ4v) is 2.97. The van der Waals surface area contributed by atoms with E-state index >= 15 is 0 Å². The second-order valence-corrected chi connectivity index (χ2v) is 6.67. The summed E-state index contributed by atoms with van der Waals surface area (Å²) in [6, 6.07) is 10.3. The van der Waals surface area contributed by atoms with E-state index in [9.17, 15) is 9.59 Å². The Kier molecular flexibility index (Phi) is 6.63. The molecule has 0 radical (unpaired) electrons. The molecule has 0 N–H and O–H groups in total. The Labute approximate surface area is 139 Å². The molecule has 1 aliphatic heterocycles. The van der Waals surface area contributed by atoms with Crippen molar-refractivity contribution in [3.05, 3.63) is 35.9 Å². The zero-order valence-electron chi connectivity index (χ0n) is 14.3. The van der Waals surface area contributed by atoms with E-state index in [0.717, 1.165) is 38.8 Å². The molecule has 126 valence electrons. The minimum Gasteiger partial charge on any atom is -0.341 e. The van der Waals surface area contributed by atoms with Gasteiger partial charge in [0.25, 0.3) is 0 Å². The van der Waals surface area contributed by atoms with E-state index in [0.29, 0.717) is 12.3 Å². The summed E-state index contributed by atoms with van der Waals surface area (Å²) in [4.78, 5) is 27.8. The molecule has 0 aromatic heterocycles. The molecular weight excluding hydrogens is 288 g/mol. The van der Waals surface area contributed by atoms with E-state index in [1.807, 2.05) is 23.1 Å². The van der Waals surface area contributed by atoms with Gasteiger partial charge in [-0.2, -0.15) is 0 Å². The van der Waals surface area contributed by atoms with Gasteiger partial charge in [0.15, 0.2) is 0 Å². The zero-order valence-corrected chi connectivity index (χ0v) is 14.3. The standard InChI is InChI=1S/C19H28N2O2/c1-16(10-11-17-8-4-3-5-9-17)14-18(22)20(2)15-19(23)21-12-6-7-13-21/h3-5,8-9,16H,6-7,10-15H2,1-2H3/t16-/m0/s1. The molecule has 4 nitrogen and oxygen atoms in total. The molecule has 1 saturated heterocycles. The van der Waals surface area contributed by atoms with E-state index in [1.165, 1.54) is 5.56 Å². The predicted molar refractivity (Wildman–Crippen MR) is 92.0 cm³/mol. The summed E-state index contributed by atoms with van der Waals surface area (Å²) >= 11 is 0. The normalized spacial score (nSPS) is 15.5. The van der Waals surface area contributed by atoms with E-state index in [4.69, 9.17) is 0 Å². The van der Waals surface area contributed by atoms with E-state index in [1.54, 1.807) is 11.9 Å². The molecule has 4 heteroatoms. The van der Waals surface area contributed by atoms with Gasteiger partial charge in [-0.15, -0.1) is 0 Å². The molecule has 1 fully saturated rings. The van der Waals surface area contributed by atoms with Crippen molar-refractivity contribution in [2.75, 3.05) is 26.7 Å². The van der Waals surface area contributed by atoms with Crippen LogP contribution < -0.4 is 0 Å². The quantitative estimate of drug-likeness (QED) is 0.776. The van der Waals surface area contributed by atoms with Gasteiger partial charge in [0.1, 0.15) is 0 Å². The van der Waals surface area contributed by atoms with Crippen LogP contribution in [0.1, 0.15) is 38.2 Å². The number of benzene rings is 1. The summed E-state index contributed by atoms with van der Waals surface area (Å²) < 4.78 is 0. The summed E-state index contributed by atoms with van der Waals surface area (Å²) in [6.07, 6.45) is 4.66. The van der Waals surface area contributed by atoms with Crippen molar-refractivity contribution in [2.24, 2.45) is 5.92 Å². The van der Waals surface area contributed by atoms with Gasteiger partial charge in [-0.1, -0.05) is 37.3 Å². The summed E-state index contributed by atoms with van der Waals surface area (Å²) in [5, 5.41) is 0. The Morgan fingerprint density at radius 2 is 1.83 bits per heavy atom. The van der Waals surface area contributed by atoms with Crippen molar-refractivity contribution >= 4 is 11.8 Å². The third kappa shape index (κ3) is 5.70. The van der Waals surface area contributed by atoms with E-state index in [2.05, 4.69) is 19.1 Å². The van der Waals surface area contributed by atoms with Gasteiger partial charge in [-0.3, -0.25) is 9.59 Å². The first-order valence-corrected chi connectivity index (χ1v) is 8.62. The lowest BCUT2D eigenvalue weighted by atomic mass is 9.98. The van der Waals surface area contributed by atoms with Gasteiger partial charge in [0, 0.05) is 26.6 Å². The molecule has 1 aromatic rings. The van der Waals surface area contributed by atoms with Gasteiger partial charge < -0.3 is 9.80 Å². The third-order valence-electron chi connectivity index (χ3n) is 4.55. The molecule has 0 saturated carbocycles. The zero-order chi connectivity index (χ0) is 16.7. The molecule has 0 spiro atoms. The average Bonchev–Trinajstić information content (AvgIpc) is 3.08. The minimum absolute atomic E-state index is 0.0677. The monoisotopic (exact) mass is 316 g/mol. The van der Waals surface area contributed by atoms with Crippen molar-refractivity contribution < 1.29 is 9.59 Å². The molecule has 23 heavy (non-hydrogen) atoms. The van der Waals surface area contributed by atoms with Crippen LogP contribution in [-0.4, -0.2) is 48.3 Å². The van der Waals surface area contributed by atoms with Gasteiger partial charge in [-0.05, 0) is 37.2 Å².